The number of aliphatic hydroxyl groups is 1. The minimum Gasteiger partial charge on any atom is -0.487 e. The van der Waals surface area contributed by atoms with Crippen molar-refractivity contribution >= 4 is 6.41 Å². The largest absolute Gasteiger partial charge is 0.487 e. The van der Waals surface area contributed by atoms with Crippen molar-refractivity contribution in [3.8, 4) is 11.5 Å². The summed E-state index contributed by atoms with van der Waals surface area (Å²) in [7, 11) is 0. The lowest BCUT2D eigenvalue weighted by molar-refractivity contribution is -0.155. The van der Waals surface area contributed by atoms with Gasteiger partial charge in [0, 0.05) is 6.04 Å². The smallest absolute Gasteiger partial charge is 0.405 e. The zero-order valence-electron chi connectivity index (χ0n) is 20.2. The number of hydrogen-bond acceptors (Lipinski definition) is 5. The van der Waals surface area contributed by atoms with Crippen molar-refractivity contribution < 1.29 is 41.3 Å². The van der Waals surface area contributed by atoms with E-state index in [2.05, 4.69) is 29.6 Å². The van der Waals surface area contributed by atoms with E-state index in [1.807, 2.05) is 0 Å². The molecule has 3 rings (SSSR count). The minimum atomic E-state index is -4.46. The summed E-state index contributed by atoms with van der Waals surface area (Å²) in [5.41, 5.74) is 5.44. The van der Waals surface area contributed by atoms with Gasteiger partial charge in [-0.25, -0.2) is 0 Å². The molecule has 2 aliphatic carbocycles. The number of rotatable bonds is 8. The van der Waals surface area contributed by atoms with Crippen molar-refractivity contribution in [3.05, 3.63) is 23.8 Å². The van der Waals surface area contributed by atoms with Gasteiger partial charge in [-0.1, -0.05) is 39.2 Å². The number of halogens is 5. The molecular formula is C24H37F5N2O4. The Hall–Kier alpha value is -2.14. The number of nitrogens with two attached hydrogens (primary N) is 1. The maximum Gasteiger partial charge on any atom is 0.405 e. The number of benzene rings is 1. The number of ether oxygens (including phenoxy) is 2. The van der Waals surface area contributed by atoms with Crippen molar-refractivity contribution in [2.45, 2.75) is 102 Å². The van der Waals surface area contributed by atoms with Crippen LogP contribution < -0.4 is 20.5 Å². The van der Waals surface area contributed by atoms with Crippen LogP contribution in [0.5, 0.6) is 11.5 Å². The SMILES string of the molecule is CC(C)c1ccc(OC(F)F)c(OC2CCC2)c1.NC(CO)C(F)(F)F.O=CNC1CCCCC1. The fourth-order valence-corrected chi connectivity index (χ4v) is 3.31. The first-order chi connectivity index (χ1) is 16.5. The summed E-state index contributed by atoms with van der Waals surface area (Å²) in [6.07, 6.45) is 5.88. The Kier molecular flexibility index (Phi) is 13.9. The lowest BCUT2D eigenvalue weighted by atomic mass is 9.96. The molecule has 0 bridgehead atoms. The number of nitrogens with one attached hydrogen (secondary N) is 1. The van der Waals surface area contributed by atoms with Gasteiger partial charge in [-0.3, -0.25) is 4.79 Å². The Balaban J connectivity index is 0.000000302. The summed E-state index contributed by atoms with van der Waals surface area (Å²) in [6.45, 7) is 0.231. The first-order valence-corrected chi connectivity index (χ1v) is 11.9. The molecule has 0 aliphatic heterocycles. The van der Waals surface area contributed by atoms with Crippen molar-refractivity contribution in [2.75, 3.05) is 6.61 Å². The Morgan fingerprint density at radius 3 is 2.11 bits per heavy atom. The molecule has 6 nitrogen and oxygen atoms in total. The van der Waals surface area contributed by atoms with E-state index >= 15 is 0 Å². The van der Waals surface area contributed by atoms with Crippen LogP contribution in [0.4, 0.5) is 22.0 Å². The predicted molar refractivity (Wildman–Crippen MR) is 123 cm³/mol. The number of amides is 1. The minimum absolute atomic E-state index is 0.126. The highest BCUT2D eigenvalue weighted by Crippen LogP contribution is 2.35. The lowest BCUT2D eigenvalue weighted by Gasteiger charge is -2.27. The molecule has 2 saturated carbocycles. The van der Waals surface area contributed by atoms with Gasteiger partial charge in [0.1, 0.15) is 6.04 Å². The monoisotopic (exact) mass is 512 g/mol. The number of carbonyl (C=O) groups is 1. The molecule has 1 unspecified atom stereocenters. The van der Waals surface area contributed by atoms with Crippen molar-refractivity contribution in [1.82, 2.24) is 5.32 Å². The van der Waals surface area contributed by atoms with Gasteiger partial charge in [0.25, 0.3) is 0 Å². The van der Waals surface area contributed by atoms with Crippen LogP contribution in [-0.4, -0.2) is 49.1 Å². The highest BCUT2D eigenvalue weighted by Gasteiger charge is 2.35. The van der Waals surface area contributed by atoms with E-state index in [0.717, 1.165) is 31.2 Å². The highest BCUT2D eigenvalue weighted by atomic mass is 19.4. The van der Waals surface area contributed by atoms with E-state index in [-0.39, 0.29) is 11.9 Å². The quantitative estimate of drug-likeness (QED) is 0.326. The Morgan fingerprint density at radius 1 is 1.09 bits per heavy atom. The molecule has 1 aromatic rings. The van der Waals surface area contributed by atoms with Crippen LogP contribution in [0.3, 0.4) is 0 Å². The summed E-state index contributed by atoms with van der Waals surface area (Å²) in [6, 6.07) is 3.56. The van der Waals surface area contributed by atoms with Crippen LogP contribution in [0, 0.1) is 0 Å². The van der Waals surface area contributed by atoms with E-state index in [0.29, 0.717) is 17.7 Å². The summed E-state index contributed by atoms with van der Waals surface area (Å²) in [4.78, 5) is 9.96. The van der Waals surface area contributed by atoms with E-state index in [4.69, 9.17) is 9.84 Å². The Morgan fingerprint density at radius 2 is 1.71 bits per heavy atom. The zero-order chi connectivity index (χ0) is 26.4. The first-order valence-electron chi connectivity index (χ1n) is 11.9. The predicted octanol–water partition coefficient (Wildman–Crippen LogP) is 5.28. The van der Waals surface area contributed by atoms with Gasteiger partial charge in [-0.05, 0) is 55.7 Å². The number of alkyl halides is 5. The Labute approximate surface area is 203 Å². The molecule has 0 saturated heterocycles. The number of carbonyl (C=O) groups excluding carboxylic acids is 1. The van der Waals surface area contributed by atoms with Gasteiger partial charge < -0.3 is 25.6 Å². The fraction of sp³-hybridized carbons (Fsp3) is 0.708. The molecule has 11 heteroatoms. The van der Waals surface area contributed by atoms with Crippen LogP contribution in [0.2, 0.25) is 0 Å². The zero-order valence-corrected chi connectivity index (χ0v) is 20.2. The second-order valence-corrected chi connectivity index (χ2v) is 8.86. The third-order valence-electron chi connectivity index (χ3n) is 5.72. The molecule has 202 valence electrons. The molecule has 2 fully saturated rings. The molecule has 2 aliphatic rings. The molecular weight excluding hydrogens is 475 g/mol. The lowest BCUT2D eigenvalue weighted by Crippen LogP contribution is -2.40. The molecule has 0 radical (unpaired) electrons. The van der Waals surface area contributed by atoms with E-state index in [9.17, 15) is 26.7 Å². The van der Waals surface area contributed by atoms with Crippen LogP contribution in [0.25, 0.3) is 0 Å². The third kappa shape index (κ3) is 12.4. The van der Waals surface area contributed by atoms with E-state index < -0.39 is 25.4 Å². The molecule has 0 heterocycles. The van der Waals surface area contributed by atoms with Crippen LogP contribution >= 0.6 is 0 Å². The third-order valence-corrected chi connectivity index (χ3v) is 5.72. The molecule has 1 aromatic carbocycles. The number of hydrogen-bond donors (Lipinski definition) is 3. The molecule has 0 spiro atoms. The average Bonchev–Trinajstić information content (AvgIpc) is 2.77. The average molecular weight is 513 g/mol. The van der Waals surface area contributed by atoms with E-state index in [1.54, 1.807) is 18.2 Å². The summed E-state index contributed by atoms with van der Waals surface area (Å²) >= 11 is 0. The normalized spacial score (nSPS) is 17.3. The van der Waals surface area contributed by atoms with Gasteiger partial charge >= 0.3 is 12.8 Å². The summed E-state index contributed by atoms with van der Waals surface area (Å²) < 4.78 is 68.3. The maximum atomic E-state index is 12.3. The van der Waals surface area contributed by atoms with Gasteiger partial charge in [-0.15, -0.1) is 0 Å². The topological polar surface area (TPSA) is 93.8 Å². The second-order valence-electron chi connectivity index (χ2n) is 8.86. The molecule has 0 aromatic heterocycles. The fourth-order valence-electron chi connectivity index (χ4n) is 3.31. The standard InChI is InChI=1S/C14H18F2O2.C7H13NO.C3H6F3NO/c1-9(2)10-6-7-12(18-14(15)16)13(8-10)17-11-4-3-5-11;9-6-8-7-4-2-1-3-5-7;4-3(5,6)2(7)1-8/h6-9,11,14H,3-5H2,1-2H3;6-7H,1-5H2,(H,8,9);2,8H,1,7H2. The van der Waals surface area contributed by atoms with Crippen LogP contribution in [0.15, 0.2) is 18.2 Å². The van der Waals surface area contributed by atoms with Gasteiger partial charge in [0.15, 0.2) is 11.5 Å². The van der Waals surface area contributed by atoms with E-state index in [1.165, 1.54) is 32.1 Å². The second kappa shape index (κ2) is 15.8. The van der Waals surface area contributed by atoms with Crippen molar-refractivity contribution in [1.29, 1.82) is 0 Å². The molecule has 1 amide bonds. The van der Waals surface area contributed by atoms with Gasteiger partial charge in [-0.2, -0.15) is 22.0 Å². The van der Waals surface area contributed by atoms with Crippen LogP contribution in [0.1, 0.15) is 76.7 Å². The molecule has 1 atom stereocenters. The maximum absolute atomic E-state index is 12.3. The highest BCUT2D eigenvalue weighted by molar-refractivity contribution is 5.46. The van der Waals surface area contributed by atoms with Crippen molar-refractivity contribution in [3.63, 3.8) is 0 Å². The molecule has 4 N–H and O–H groups in total. The van der Waals surface area contributed by atoms with Gasteiger partial charge in [0.2, 0.25) is 6.41 Å². The summed E-state index contributed by atoms with van der Waals surface area (Å²) in [5, 5.41) is 10.6. The first kappa shape index (κ1) is 30.9. The number of aliphatic hydroxyl groups excluding tert-OH is 1. The van der Waals surface area contributed by atoms with Crippen LogP contribution in [-0.2, 0) is 4.79 Å². The molecule has 35 heavy (non-hydrogen) atoms. The summed E-state index contributed by atoms with van der Waals surface area (Å²) in [5.74, 6) is 0.891. The van der Waals surface area contributed by atoms with Crippen molar-refractivity contribution in [2.24, 2.45) is 5.73 Å². The Bertz CT molecular complexity index is 724. The van der Waals surface area contributed by atoms with Gasteiger partial charge in [0.05, 0.1) is 12.7 Å².